The lowest BCUT2D eigenvalue weighted by atomic mass is 10.1. The maximum Gasteiger partial charge on any atom is 0.189 e. The molecule has 1 aromatic carbocycles. The molecule has 1 N–H and O–H groups in total. The maximum absolute atomic E-state index is 5.01. The van der Waals surface area contributed by atoms with Crippen LogP contribution in [0.3, 0.4) is 0 Å². The lowest BCUT2D eigenvalue weighted by Crippen LogP contribution is -2.18. The third-order valence-electron chi connectivity index (χ3n) is 3.35. The second kappa shape index (κ2) is 8.12. The van der Waals surface area contributed by atoms with Crippen molar-refractivity contribution >= 4 is 22.2 Å². The Morgan fingerprint density at radius 1 is 1.29 bits per heavy atom. The molecule has 0 atom stereocenters. The van der Waals surface area contributed by atoms with Crippen LogP contribution < -0.4 is 10.2 Å². The van der Waals surface area contributed by atoms with E-state index < -0.39 is 0 Å². The average Bonchev–Trinajstić information content (AvgIpc) is 3.00. The number of thiazole rings is 1. The summed E-state index contributed by atoms with van der Waals surface area (Å²) >= 11 is 1.67. The number of rotatable bonds is 8. The minimum atomic E-state index is 0.723. The molecule has 0 amide bonds. The summed E-state index contributed by atoms with van der Waals surface area (Å²) in [6.07, 6.45) is 1.07. The molecule has 1 heterocycles. The summed E-state index contributed by atoms with van der Waals surface area (Å²) in [6.45, 7) is 4.52. The first-order valence-corrected chi connectivity index (χ1v) is 8.09. The van der Waals surface area contributed by atoms with Gasteiger partial charge in [0.15, 0.2) is 5.13 Å². The van der Waals surface area contributed by atoms with E-state index in [9.17, 15) is 0 Å². The summed E-state index contributed by atoms with van der Waals surface area (Å²) in [5.41, 5.74) is 3.60. The number of anilines is 2. The van der Waals surface area contributed by atoms with Crippen LogP contribution in [0.1, 0.15) is 18.2 Å². The van der Waals surface area contributed by atoms with E-state index in [4.69, 9.17) is 4.74 Å². The minimum absolute atomic E-state index is 0.723. The van der Waals surface area contributed by atoms with Gasteiger partial charge in [0.1, 0.15) is 0 Å². The highest BCUT2D eigenvalue weighted by atomic mass is 32.1. The number of nitrogens with zero attached hydrogens (tertiary/aromatic N) is 2. The molecule has 4 nitrogen and oxygen atoms in total. The van der Waals surface area contributed by atoms with E-state index >= 15 is 0 Å². The Morgan fingerprint density at radius 3 is 2.71 bits per heavy atom. The van der Waals surface area contributed by atoms with Gasteiger partial charge in [-0.1, -0.05) is 19.1 Å². The second-order valence-corrected chi connectivity index (χ2v) is 5.71. The second-order valence-electron chi connectivity index (χ2n) is 4.87. The van der Waals surface area contributed by atoms with Crippen LogP contribution >= 0.6 is 11.3 Å². The quantitative estimate of drug-likeness (QED) is 0.760. The van der Waals surface area contributed by atoms with Crippen molar-refractivity contribution in [1.29, 1.82) is 0 Å². The summed E-state index contributed by atoms with van der Waals surface area (Å²) in [6, 6.07) is 8.65. The van der Waals surface area contributed by atoms with E-state index in [1.165, 1.54) is 11.3 Å². The van der Waals surface area contributed by atoms with Gasteiger partial charge in [-0.2, -0.15) is 0 Å². The van der Waals surface area contributed by atoms with Gasteiger partial charge in [-0.3, -0.25) is 0 Å². The first-order valence-electron chi connectivity index (χ1n) is 7.21. The third-order valence-corrected chi connectivity index (χ3v) is 4.31. The first-order chi connectivity index (χ1) is 10.2. The van der Waals surface area contributed by atoms with E-state index in [0.717, 1.165) is 36.9 Å². The van der Waals surface area contributed by atoms with Gasteiger partial charge in [-0.05, 0) is 24.1 Å². The normalized spacial score (nSPS) is 10.8. The van der Waals surface area contributed by atoms with E-state index in [0.29, 0.717) is 0 Å². The van der Waals surface area contributed by atoms with Gasteiger partial charge in [-0.25, -0.2) is 4.98 Å². The molecule has 0 unspecified atom stereocenters. The van der Waals surface area contributed by atoms with E-state index in [1.54, 1.807) is 18.4 Å². The van der Waals surface area contributed by atoms with Crippen LogP contribution in [0.2, 0.25) is 0 Å². The van der Waals surface area contributed by atoms with Crippen molar-refractivity contribution in [1.82, 2.24) is 10.3 Å². The predicted molar refractivity (Wildman–Crippen MR) is 89.6 cm³/mol. The SMILES string of the molecule is CCc1ccc(N(C)c2nc(CNCCOC)cs2)cc1. The van der Waals surface area contributed by atoms with Gasteiger partial charge in [-0.15, -0.1) is 11.3 Å². The molecule has 0 aliphatic rings. The Morgan fingerprint density at radius 2 is 2.05 bits per heavy atom. The molecule has 0 saturated heterocycles. The Hall–Kier alpha value is -1.43. The third kappa shape index (κ3) is 4.52. The number of hydrogen-bond acceptors (Lipinski definition) is 5. The van der Waals surface area contributed by atoms with Gasteiger partial charge in [0.2, 0.25) is 0 Å². The molecule has 0 fully saturated rings. The molecule has 5 heteroatoms. The van der Waals surface area contributed by atoms with Crippen LogP contribution in [-0.4, -0.2) is 32.3 Å². The largest absolute Gasteiger partial charge is 0.383 e. The molecule has 0 aliphatic heterocycles. The average molecular weight is 305 g/mol. The molecule has 1 aromatic heterocycles. The van der Waals surface area contributed by atoms with Gasteiger partial charge in [0.25, 0.3) is 0 Å². The number of aryl methyl sites for hydroxylation is 1. The topological polar surface area (TPSA) is 37.4 Å². The van der Waals surface area contributed by atoms with Crippen molar-refractivity contribution in [2.75, 3.05) is 32.2 Å². The van der Waals surface area contributed by atoms with Crippen LogP contribution in [0.4, 0.5) is 10.8 Å². The van der Waals surface area contributed by atoms with Crippen molar-refractivity contribution in [3.05, 3.63) is 40.9 Å². The molecule has 2 aromatic rings. The number of methoxy groups -OCH3 is 1. The number of hydrogen-bond donors (Lipinski definition) is 1. The molecular weight excluding hydrogens is 282 g/mol. The zero-order chi connectivity index (χ0) is 15.1. The summed E-state index contributed by atoms with van der Waals surface area (Å²) in [5.74, 6) is 0. The zero-order valence-electron chi connectivity index (χ0n) is 12.9. The molecule has 0 saturated carbocycles. The number of aromatic nitrogens is 1. The fourth-order valence-corrected chi connectivity index (χ4v) is 2.80. The predicted octanol–water partition coefficient (Wildman–Crippen LogP) is 3.21. The Kier molecular flexibility index (Phi) is 6.17. The molecule has 114 valence electrons. The summed E-state index contributed by atoms with van der Waals surface area (Å²) in [4.78, 5) is 6.80. The number of ether oxygens (including phenoxy) is 1. The highest BCUT2D eigenvalue weighted by Crippen LogP contribution is 2.27. The zero-order valence-corrected chi connectivity index (χ0v) is 13.7. The first kappa shape index (κ1) is 15.9. The molecule has 21 heavy (non-hydrogen) atoms. The Bertz CT molecular complexity index is 539. The summed E-state index contributed by atoms with van der Waals surface area (Å²) < 4.78 is 5.01. The van der Waals surface area contributed by atoms with E-state index in [1.807, 2.05) is 0 Å². The Labute approximate surface area is 130 Å². The van der Waals surface area contributed by atoms with Crippen molar-refractivity contribution in [2.24, 2.45) is 0 Å². The van der Waals surface area contributed by atoms with Crippen LogP contribution in [0, 0.1) is 0 Å². The lowest BCUT2D eigenvalue weighted by molar-refractivity contribution is 0.199. The molecular formula is C16H23N3OS. The van der Waals surface area contributed by atoms with Crippen molar-refractivity contribution in [3.63, 3.8) is 0 Å². The fourth-order valence-electron chi connectivity index (χ4n) is 1.99. The van der Waals surface area contributed by atoms with Crippen LogP contribution in [-0.2, 0) is 17.7 Å². The van der Waals surface area contributed by atoms with Gasteiger partial charge >= 0.3 is 0 Å². The van der Waals surface area contributed by atoms with Gasteiger partial charge in [0.05, 0.1) is 12.3 Å². The van der Waals surface area contributed by atoms with Crippen LogP contribution in [0.25, 0.3) is 0 Å². The number of benzene rings is 1. The molecule has 0 bridgehead atoms. The standard InChI is InChI=1S/C16H23N3OS/c1-4-13-5-7-15(8-6-13)19(2)16-18-14(12-21-16)11-17-9-10-20-3/h5-8,12,17H,4,9-11H2,1-3H3. The summed E-state index contributed by atoms with van der Waals surface area (Å²) in [5, 5.41) is 6.43. The van der Waals surface area contributed by atoms with Crippen molar-refractivity contribution < 1.29 is 4.74 Å². The summed E-state index contributed by atoms with van der Waals surface area (Å²) in [7, 11) is 3.77. The monoisotopic (exact) mass is 305 g/mol. The van der Waals surface area contributed by atoms with Crippen molar-refractivity contribution in [2.45, 2.75) is 19.9 Å². The minimum Gasteiger partial charge on any atom is -0.383 e. The molecule has 0 radical (unpaired) electrons. The fraction of sp³-hybridized carbons (Fsp3) is 0.438. The van der Waals surface area contributed by atoms with E-state index in [2.05, 4.69) is 58.8 Å². The Balaban J connectivity index is 1.95. The van der Waals surface area contributed by atoms with Gasteiger partial charge < -0.3 is 15.0 Å². The van der Waals surface area contributed by atoms with Crippen LogP contribution in [0.15, 0.2) is 29.6 Å². The highest BCUT2D eigenvalue weighted by molar-refractivity contribution is 7.13. The maximum atomic E-state index is 5.01. The van der Waals surface area contributed by atoms with Crippen molar-refractivity contribution in [3.8, 4) is 0 Å². The molecule has 0 spiro atoms. The lowest BCUT2D eigenvalue weighted by Gasteiger charge is -2.16. The van der Waals surface area contributed by atoms with Crippen LogP contribution in [0.5, 0.6) is 0 Å². The van der Waals surface area contributed by atoms with Gasteiger partial charge in [0, 0.05) is 38.3 Å². The smallest absolute Gasteiger partial charge is 0.189 e. The molecule has 0 aliphatic carbocycles. The highest BCUT2D eigenvalue weighted by Gasteiger charge is 2.08. The molecule has 2 rings (SSSR count). The van der Waals surface area contributed by atoms with E-state index in [-0.39, 0.29) is 0 Å². The number of nitrogens with one attached hydrogen (secondary N) is 1.